The van der Waals surface area contributed by atoms with Crippen LogP contribution in [-0.4, -0.2) is 45.4 Å². The highest BCUT2D eigenvalue weighted by Gasteiger charge is 2.31. The summed E-state index contributed by atoms with van der Waals surface area (Å²) in [7, 11) is 0. The van der Waals surface area contributed by atoms with E-state index in [0.29, 0.717) is 30.4 Å². The minimum atomic E-state index is -0.126. The summed E-state index contributed by atoms with van der Waals surface area (Å²) < 4.78 is 1.69. The zero-order valence-corrected chi connectivity index (χ0v) is 16.7. The lowest BCUT2D eigenvalue weighted by Crippen LogP contribution is -2.48. The molecule has 1 fully saturated rings. The molecule has 6 nitrogen and oxygen atoms in total. The molecule has 1 amide bonds. The number of nitrogens with one attached hydrogen (secondary N) is 1. The third kappa shape index (κ3) is 4.35. The molecule has 4 rings (SSSR count). The number of aromatic nitrogens is 3. The molecule has 3 aromatic rings. The summed E-state index contributed by atoms with van der Waals surface area (Å²) in [6, 6.07) is 17.5. The first kappa shape index (κ1) is 20.3. The molecule has 0 bridgehead atoms. The van der Waals surface area contributed by atoms with Crippen molar-refractivity contribution in [1.29, 1.82) is 0 Å². The maximum atomic E-state index is 13.1. The highest BCUT2D eigenvalue weighted by atomic mass is 35.5. The van der Waals surface area contributed by atoms with Crippen LogP contribution in [0, 0.1) is 0 Å². The van der Waals surface area contributed by atoms with Gasteiger partial charge in [-0.05, 0) is 17.2 Å². The molecule has 8 heteroatoms. The van der Waals surface area contributed by atoms with Gasteiger partial charge in [-0.25, -0.2) is 4.68 Å². The molecule has 0 saturated carbocycles. The molecule has 1 unspecified atom stereocenters. The molecule has 146 valence electrons. The maximum Gasteiger partial charge on any atom is 0.276 e. The Morgan fingerprint density at radius 3 is 2.68 bits per heavy atom. The summed E-state index contributed by atoms with van der Waals surface area (Å²) in [4.78, 5) is 14.9. The monoisotopic (exact) mass is 417 g/mol. The summed E-state index contributed by atoms with van der Waals surface area (Å²) in [6.07, 6.45) is 1.71. The van der Waals surface area contributed by atoms with Crippen LogP contribution in [0.25, 0.3) is 0 Å². The van der Waals surface area contributed by atoms with Crippen LogP contribution in [0.4, 0.5) is 0 Å². The van der Waals surface area contributed by atoms with Gasteiger partial charge in [0.25, 0.3) is 5.91 Å². The third-order valence-electron chi connectivity index (χ3n) is 4.71. The molecule has 1 atom stereocenters. The fourth-order valence-electron chi connectivity index (χ4n) is 3.36. The van der Waals surface area contributed by atoms with Crippen LogP contribution < -0.4 is 5.32 Å². The average Bonchev–Trinajstić information content (AvgIpc) is 3.17. The van der Waals surface area contributed by atoms with Crippen molar-refractivity contribution < 1.29 is 4.79 Å². The van der Waals surface area contributed by atoms with E-state index in [1.165, 1.54) is 0 Å². The lowest BCUT2D eigenvalue weighted by atomic mass is 10.0. The van der Waals surface area contributed by atoms with Crippen LogP contribution in [-0.2, 0) is 6.54 Å². The number of rotatable bonds is 4. The molecule has 1 N–H and O–H groups in total. The second-order valence-electron chi connectivity index (χ2n) is 6.53. The van der Waals surface area contributed by atoms with E-state index in [1.807, 2.05) is 59.5 Å². The molecule has 0 radical (unpaired) electrons. The number of hydrogen-bond acceptors (Lipinski definition) is 4. The van der Waals surface area contributed by atoms with Crippen molar-refractivity contribution in [3.63, 3.8) is 0 Å². The Labute approximate surface area is 174 Å². The summed E-state index contributed by atoms with van der Waals surface area (Å²) in [5.41, 5.74) is 2.40. The van der Waals surface area contributed by atoms with Crippen molar-refractivity contribution in [2.45, 2.75) is 12.6 Å². The Balaban J connectivity index is 0.00000225. The number of carbonyl (C=O) groups excluding carboxylic acids is 1. The first-order valence-electron chi connectivity index (χ1n) is 8.92. The van der Waals surface area contributed by atoms with Gasteiger partial charge in [0.2, 0.25) is 0 Å². The average molecular weight is 418 g/mol. The topological polar surface area (TPSA) is 63.1 Å². The predicted octanol–water partition coefficient (Wildman–Crippen LogP) is 3.19. The van der Waals surface area contributed by atoms with Gasteiger partial charge in [0.1, 0.15) is 0 Å². The second kappa shape index (κ2) is 9.19. The van der Waals surface area contributed by atoms with Crippen LogP contribution in [0.1, 0.15) is 27.7 Å². The summed E-state index contributed by atoms with van der Waals surface area (Å²) in [5.74, 6) is -0.124. The lowest BCUT2D eigenvalue weighted by molar-refractivity contribution is 0.0628. The predicted molar refractivity (Wildman–Crippen MR) is 111 cm³/mol. The van der Waals surface area contributed by atoms with E-state index >= 15 is 0 Å². The molecular formula is C20H21Cl2N5O. The van der Waals surface area contributed by atoms with Crippen LogP contribution in [0.15, 0.2) is 60.8 Å². The highest BCUT2D eigenvalue weighted by Crippen LogP contribution is 2.29. The van der Waals surface area contributed by atoms with Gasteiger partial charge in [0.15, 0.2) is 5.69 Å². The van der Waals surface area contributed by atoms with Crippen molar-refractivity contribution in [3.8, 4) is 0 Å². The van der Waals surface area contributed by atoms with Gasteiger partial charge in [0.05, 0.1) is 18.8 Å². The van der Waals surface area contributed by atoms with Crippen molar-refractivity contribution in [2.75, 3.05) is 19.6 Å². The number of nitrogens with zero attached hydrogens (tertiary/aromatic N) is 4. The number of carbonyl (C=O) groups is 1. The van der Waals surface area contributed by atoms with Gasteiger partial charge in [-0.3, -0.25) is 4.79 Å². The zero-order chi connectivity index (χ0) is 18.6. The number of benzene rings is 2. The molecule has 1 aliphatic heterocycles. The van der Waals surface area contributed by atoms with Crippen molar-refractivity contribution in [1.82, 2.24) is 25.2 Å². The minimum absolute atomic E-state index is 0. The van der Waals surface area contributed by atoms with Gasteiger partial charge >= 0.3 is 0 Å². The first-order valence-corrected chi connectivity index (χ1v) is 9.30. The van der Waals surface area contributed by atoms with E-state index in [-0.39, 0.29) is 24.4 Å². The van der Waals surface area contributed by atoms with Crippen LogP contribution in [0.2, 0.25) is 5.02 Å². The molecule has 1 aromatic heterocycles. The number of amides is 1. The SMILES string of the molecule is Cl.O=C(c1cn(Cc2ccccc2)nn1)N1CCNCC1c1ccccc1Cl. The zero-order valence-electron chi connectivity index (χ0n) is 15.2. The van der Waals surface area contributed by atoms with Crippen molar-refractivity contribution >= 4 is 29.9 Å². The molecule has 1 saturated heterocycles. The Kier molecular flexibility index (Phi) is 6.67. The Morgan fingerprint density at radius 1 is 1.14 bits per heavy atom. The largest absolute Gasteiger partial charge is 0.328 e. The van der Waals surface area contributed by atoms with E-state index in [0.717, 1.165) is 17.7 Å². The molecule has 1 aliphatic rings. The van der Waals surface area contributed by atoms with Crippen LogP contribution >= 0.6 is 24.0 Å². The standard InChI is InChI=1S/C20H20ClN5O.ClH/c21-17-9-5-4-8-16(17)19-12-22-10-11-26(19)20(27)18-14-25(24-23-18)13-15-6-2-1-3-7-15;/h1-9,14,19,22H,10-13H2;1H. The van der Waals surface area contributed by atoms with E-state index in [1.54, 1.807) is 10.9 Å². The van der Waals surface area contributed by atoms with Crippen molar-refractivity contribution in [3.05, 3.63) is 82.6 Å². The van der Waals surface area contributed by atoms with Gasteiger partial charge < -0.3 is 10.2 Å². The first-order chi connectivity index (χ1) is 13.2. The van der Waals surface area contributed by atoms with Crippen LogP contribution in [0.5, 0.6) is 0 Å². The fraction of sp³-hybridized carbons (Fsp3) is 0.250. The van der Waals surface area contributed by atoms with Gasteiger partial charge in [-0.1, -0.05) is 65.3 Å². The van der Waals surface area contributed by atoms with E-state index < -0.39 is 0 Å². The molecule has 2 aromatic carbocycles. The normalized spacial score (nSPS) is 16.5. The van der Waals surface area contributed by atoms with E-state index in [2.05, 4.69) is 15.6 Å². The lowest BCUT2D eigenvalue weighted by Gasteiger charge is -2.36. The van der Waals surface area contributed by atoms with Crippen LogP contribution in [0.3, 0.4) is 0 Å². The smallest absolute Gasteiger partial charge is 0.276 e. The quantitative estimate of drug-likeness (QED) is 0.707. The van der Waals surface area contributed by atoms with Gasteiger partial charge in [-0.15, -0.1) is 17.5 Å². The molecular weight excluding hydrogens is 397 g/mol. The maximum absolute atomic E-state index is 13.1. The van der Waals surface area contributed by atoms with E-state index in [4.69, 9.17) is 11.6 Å². The number of piperazine rings is 1. The Hall–Kier alpha value is -2.41. The minimum Gasteiger partial charge on any atom is -0.328 e. The molecule has 28 heavy (non-hydrogen) atoms. The number of halogens is 2. The molecule has 0 aliphatic carbocycles. The second-order valence-corrected chi connectivity index (χ2v) is 6.93. The van der Waals surface area contributed by atoms with Crippen molar-refractivity contribution in [2.24, 2.45) is 0 Å². The molecule has 2 heterocycles. The summed E-state index contributed by atoms with van der Waals surface area (Å²) >= 11 is 6.37. The number of hydrogen-bond donors (Lipinski definition) is 1. The third-order valence-corrected chi connectivity index (χ3v) is 5.06. The fourth-order valence-corrected chi connectivity index (χ4v) is 3.62. The Morgan fingerprint density at radius 2 is 1.89 bits per heavy atom. The summed E-state index contributed by atoms with van der Waals surface area (Å²) in [5, 5.41) is 12.2. The van der Waals surface area contributed by atoms with E-state index in [9.17, 15) is 4.79 Å². The van der Waals surface area contributed by atoms with Gasteiger partial charge in [-0.2, -0.15) is 0 Å². The Bertz CT molecular complexity index is 931. The van der Waals surface area contributed by atoms with Gasteiger partial charge in [0, 0.05) is 24.7 Å². The highest BCUT2D eigenvalue weighted by molar-refractivity contribution is 6.31. The summed E-state index contributed by atoms with van der Waals surface area (Å²) in [6.45, 7) is 2.58. The molecule has 0 spiro atoms.